The Balaban J connectivity index is 2.33. The van der Waals surface area contributed by atoms with Crippen molar-refractivity contribution in [2.45, 2.75) is 0 Å². The van der Waals surface area contributed by atoms with E-state index in [-0.39, 0.29) is 28.1 Å². The number of aromatic carboxylic acids is 1. The van der Waals surface area contributed by atoms with E-state index in [1.807, 2.05) is 0 Å². The van der Waals surface area contributed by atoms with Gasteiger partial charge in [-0.1, -0.05) is 0 Å². The van der Waals surface area contributed by atoms with E-state index in [9.17, 15) is 14.4 Å². The number of nitrogen functional groups attached to an aromatic ring is 1. The van der Waals surface area contributed by atoms with Crippen LogP contribution in [0.15, 0.2) is 41.3 Å². The van der Waals surface area contributed by atoms with Crippen LogP contribution < -0.4 is 16.6 Å². The number of carbonyl (C=O) groups is 2. The molecule has 2 aromatic rings. The number of aromatic nitrogens is 1. The summed E-state index contributed by atoms with van der Waals surface area (Å²) in [5.74, 6) is -1.78. The summed E-state index contributed by atoms with van der Waals surface area (Å²) >= 11 is 0. The van der Waals surface area contributed by atoms with Gasteiger partial charge in [0, 0.05) is 30.6 Å². The average molecular weight is 287 g/mol. The van der Waals surface area contributed by atoms with Crippen molar-refractivity contribution in [3.8, 4) is 0 Å². The molecule has 2 rings (SSSR count). The molecule has 0 atom stereocenters. The molecule has 21 heavy (non-hydrogen) atoms. The lowest BCUT2D eigenvalue weighted by atomic mass is 10.1. The van der Waals surface area contributed by atoms with E-state index in [1.54, 1.807) is 7.05 Å². The van der Waals surface area contributed by atoms with Crippen molar-refractivity contribution in [1.29, 1.82) is 0 Å². The SMILES string of the molecule is Cn1ccc(C(=O)Nc2ccc(N)cc2C(=O)O)cc1=O. The zero-order valence-corrected chi connectivity index (χ0v) is 11.2. The van der Waals surface area contributed by atoms with E-state index in [1.165, 1.54) is 41.1 Å². The van der Waals surface area contributed by atoms with Gasteiger partial charge in [-0.2, -0.15) is 0 Å². The van der Waals surface area contributed by atoms with E-state index < -0.39 is 11.9 Å². The van der Waals surface area contributed by atoms with E-state index in [0.29, 0.717) is 0 Å². The molecule has 1 aromatic carbocycles. The summed E-state index contributed by atoms with van der Waals surface area (Å²) in [4.78, 5) is 34.7. The Morgan fingerprint density at radius 2 is 1.95 bits per heavy atom. The number of carboxylic acids is 1. The minimum atomic E-state index is -1.21. The summed E-state index contributed by atoms with van der Waals surface area (Å²) in [7, 11) is 1.56. The molecule has 0 aliphatic heterocycles. The molecule has 0 aliphatic carbocycles. The van der Waals surface area contributed by atoms with Crippen LogP contribution in [0.3, 0.4) is 0 Å². The summed E-state index contributed by atoms with van der Waals surface area (Å²) in [6.45, 7) is 0. The number of hydrogen-bond acceptors (Lipinski definition) is 4. The maximum atomic E-state index is 12.1. The fourth-order valence-electron chi connectivity index (χ4n) is 1.73. The molecular formula is C14H13N3O4. The van der Waals surface area contributed by atoms with E-state index in [2.05, 4.69) is 5.32 Å². The van der Waals surface area contributed by atoms with Gasteiger partial charge in [-0.3, -0.25) is 9.59 Å². The van der Waals surface area contributed by atoms with Crippen molar-refractivity contribution in [1.82, 2.24) is 4.57 Å². The van der Waals surface area contributed by atoms with Gasteiger partial charge in [0.1, 0.15) is 0 Å². The van der Waals surface area contributed by atoms with Gasteiger partial charge in [-0.15, -0.1) is 0 Å². The number of carbonyl (C=O) groups excluding carboxylic acids is 1. The van der Waals surface area contributed by atoms with Crippen LogP contribution in [0.4, 0.5) is 11.4 Å². The molecule has 0 radical (unpaired) electrons. The number of nitrogens with zero attached hydrogens (tertiary/aromatic N) is 1. The predicted octanol–water partition coefficient (Wildman–Crippen LogP) is 0.918. The van der Waals surface area contributed by atoms with Gasteiger partial charge in [0.05, 0.1) is 11.3 Å². The first-order chi connectivity index (χ1) is 9.88. The normalized spacial score (nSPS) is 10.1. The Labute approximate surface area is 119 Å². The van der Waals surface area contributed by atoms with Gasteiger partial charge in [0.15, 0.2) is 0 Å². The standard InChI is InChI=1S/C14H13N3O4/c1-17-5-4-8(6-12(17)18)13(19)16-11-3-2-9(15)7-10(11)14(20)21/h2-7H,15H2,1H3,(H,16,19)(H,20,21). The minimum Gasteiger partial charge on any atom is -0.478 e. The molecule has 7 heteroatoms. The molecular weight excluding hydrogens is 274 g/mol. The van der Waals surface area contributed by atoms with Crippen molar-refractivity contribution in [2.75, 3.05) is 11.1 Å². The van der Waals surface area contributed by atoms with Crippen molar-refractivity contribution in [2.24, 2.45) is 7.05 Å². The fourth-order valence-corrected chi connectivity index (χ4v) is 1.73. The lowest BCUT2D eigenvalue weighted by Crippen LogP contribution is -2.20. The number of carboxylic acid groups (broad SMARTS) is 1. The van der Waals surface area contributed by atoms with Gasteiger partial charge in [0.2, 0.25) is 0 Å². The number of nitrogens with two attached hydrogens (primary N) is 1. The first-order valence-electron chi connectivity index (χ1n) is 5.99. The van der Waals surface area contributed by atoms with Crippen molar-refractivity contribution < 1.29 is 14.7 Å². The average Bonchev–Trinajstić information content (AvgIpc) is 2.43. The van der Waals surface area contributed by atoms with Gasteiger partial charge >= 0.3 is 5.97 Å². The highest BCUT2D eigenvalue weighted by Gasteiger charge is 2.14. The van der Waals surface area contributed by atoms with Gasteiger partial charge < -0.3 is 20.7 Å². The highest BCUT2D eigenvalue weighted by Crippen LogP contribution is 2.19. The molecule has 0 fully saturated rings. The third-order valence-electron chi connectivity index (χ3n) is 2.89. The summed E-state index contributed by atoms with van der Waals surface area (Å²) < 4.78 is 1.32. The van der Waals surface area contributed by atoms with Crippen LogP contribution in [0.25, 0.3) is 0 Å². The molecule has 1 heterocycles. The molecule has 1 amide bonds. The monoisotopic (exact) mass is 287 g/mol. The van der Waals surface area contributed by atoms with Crippen LogP contribution in [0, 0.1) is 0 Å². The van der Waals surface area contributed by atoms with Gasteiger partial charge in [0.25, 0.3) is 11.5 Å². The number of pyridine rings is 1. The number of nitrogens with one attached hydrogen (secondary N) is 1. The Hall–Kier alpha value is -3.09. The van der Waals surface area contributed by atoms with Crippen molar-refractivity contribution in [3.05, 3.63) is 58.0 Å². The third kappa shape index (κ3) is 3.08. The number of anilines is 2. The van der Waals surface area contributed by atoms with E-state index in [4.69, 9.17) is 10.8 Å². The third-order valence-corrected chi connectivity index (χ3v) is 2.89. The van der Waals surface area contributed by atoms with E-state index in [0.717, 1.165) is 0 Å². The fraction of sp³-hybridized carbons (Fsp3) is 0.0714. The second-order valence-electron chi connectivity index (χ2n) is 4.43. The first-order valence-corrected chi connectivity index (χ1v) is 5.99. The number of hydrogen-bond donors (Lipinski definition) is 3. The molecule has 1 aromatic heterocycles. The molecule has 7 nitrogen and oxygen atoms in total. The second kappa shape index (κ2) is 5.49. The summed E-state index contributed by atoms with van der Waals surface area (Å²) in [5, 5.41) is 11.6. The summed E-state index contributed by atoms with van der Waals surface area (Å²) in [6.07, 6.45) is 1.46. The maximum Gasteiger partial charge on any atom is 0.337 e. The summed E-state index contributed by atoms with van der Waals surface area (Å²) in [5.41, 5.74) is 5.61. The van der Waals surface area contributed by atoms with Gasteiger partial charge in [-0.25, -0.2) is 4.79 Å². The van der Waals surface area contributed by atoms with Crippen LogP contribution in [0.5, 0.6) is 0 Å². The molecule has 0 spiro atoms. The van der Waals surface area contributed by atoms with Gasteiger partial charge in [-0.05, 0) is 24.3 Å². The van der Waals surface area contributed by atoms with E-state index >= 15 is 0 Å². The quantitative estimate of drug-likeness (QED) is 0.726. The highest BCUT2D eigenvalue weighted by atomic mass is 16.4. The largest absolute Gasteiger partial charge is 0.478 e. The first kappa shape index (κ1) is 14.3. The van der Waals surface area contributed by atoms with Crippen molar-refractivity contribution >= 4 is 23.3 Å². The summed E-state index contributed by atoms with van der Waals surface area (Å²) in [6, 6.07) is 6.77. The lowest BCUT2D eigenvalue weighted by Gasteiger charge is -2.09. The van der Waals surface area contributed by atoms with Crippen LogP contribution in [0.1, 0.15) is 20.7 Å². The Bertz CT molecular complexity index is 780. The topological polar surface area (TPSA) is 114 Å². The number of rotatable bonds is 3. The molecule has 4 N–H and O–H groups in total. The zero-order chi connectivity index (χ0) is 15.6. The molecule has 0 aliphatic rings. The molecule has 0 bridgehead atoms. The Morgan fingerprint density at radius 3 is 2.57 bits per heavy atom. The predicted molar refractivity (Wildman–Crippen MR) is 77.4 cm³/mol. The number of aryl methyl sites for hydroxylation is 1. The molecule has 0 saturated carbocycles. The Kier molecular flexibility index (Phi) is 3.75. The van der Waals surface area contributed by atoms with Crippen molar-refractivity contribution in [3.63, 3.8) is 0 Å². The zero-order valence-electron chi connectivity index (χ0n) is 11.2. The van der Waals surface area contributed by atoms with Crippen LogP contribution in [0.2, 0.25) is 0 Å². The number of amides is 1. The minimum absolute atomic E-state index is 0.113. The maximum absolute atomic E-state index is 12.1. The molecule has 0 saturated heterocycles. The number of benzene rings is 1. The van der Waals surface area contributed by atoms with Crippen LogP contribution >= 0.6 is 0 Å². The Morgan fingerprint density at radius 1 is 1.24 bits per heavy atom. The second-order valence-corrected chi connectivity index (χ2v) is 4.43. The van der Waals surface area contributed by atoms with Crippen LogP contribution in [-0.2, 0) is 7.05 Å². The lowest BCUT2D eigenvalue weighted by molar-refractivity contribution is 0.0698. The molecule has 0 unspecified atom stereocenters. The van der Waals surface area contributed by atoms with Crippen LogP contribution in [-0.4, -0.2) is 21.6 Å². The highest BCUT2D eigenvalue weighted by molar-refractivity contribution is 6.07. The smallest absolute Gasteiger partial charge is 0.337 e. The molecule has 108 valence electrons.